The first kappa shape index (κ1) is 45.2. The molecule has 0 saturated heterocycles. The van der Waals surface area contributed by atoms with Gasteiger partial charge in [0.05, 0.1) is 0 Å². The Labute approximate surface area is 350 Å². The van der Waals surface area contributed by atoms with Crippen LogP contribution < -0.4 is 24.8 Å². The maximum Gasteiger partial charge on any atom is -1.00 e. The van der Waals surface area contributed by atoms with Crippen LogP contribution in [0.2, 0.25) is 0 Å². The first-order chi connectivity index (χ1) is 23.4. The maximum atomic E-state index is 3.35. The summed E-state index contributed by atoms with van der Waals surface area (Å²) >= 11 is 1.51. The largest absolute Gasteiger partial charge is 1.00 e. The van der Waals surface area contributed by atoms with E-state index in [-0.39, 0.29) is 46.5 Å². The first-order valence-corrected chi connectivity index (χ1v) is 20.3. The van der Waals surface area contributed by atoms with Gasteiger partial charge in [-0.25, -0.2) is 6.08 Å². The van der Waals surface area contributed by atoms with Crippen molar-refractivity contribution in [3.8, 4) is 0 Å². The number of hydrogen-bond acceptors (Lipinski definition) is 0. The molecule has 0 fully saturated rings. The molecule has 3 heteroatoms. The number of fused-ring (bicyclic) bond motifs is 5. The van der Waals surface area contributed by atoms with Crippen molar-refractivity contribution in [3.63, 3.8) is 0 Å². The van der Waals surface area contributed by atoms with Gasteiger partial charge in [-0.2, -0.15) is 11.6 Å². The Bertz CT molecular complexity index is 1990. The molecule has 0 heterocycles. The number of halogens is 2. The summed E-state index contributed by atoms with van der Waals surface area (Å²) < 4.78 is 1.46. The van der Waals surface area contributed by atoms with Gasteiger partial charge in [-0.05, 0) is 33.1 Å². The third-order valence-electron chi connectivity index (χ3n) is 10.9. The summed E-state index contributed by atoms with van der Waals surface area (Å²) in [4.78, 5) is 0. The average molecular weight is 825 g/mol. The van der Waals surface area contributed by atoms with E-state index in [0.717, 1.165) is 0 Å². The summed E-state index contributed by atoms with van der Waals surface area (Å²) in [7, 11) is 0. The van der Waals surface area contributed by atoms with Crippen LogP contribution in [0.4, 0.5) is 0 Å². The van der Waals surface area contributed by atoms with Crippen molar-refractivity contribution in [2.24, 2.45) is 22.2 Å². The van der Waals surface area contributed by atoms with Gasteiger partial charge < -0.3 is 24.8 Å². The summed E-state index contributed by atoms with van der Waals surface area (Å²) in [5.41, 5.74) is 12.4. The molecule has 0 radical (unpaired) electrons. The third kappa shape index (κ3) is 9.62. The van der Waals surface area contributed by atoms with E-state index in [1.54, 1.807) is 0 Å². The van der Waals surface area contributed by atoms with Crippen molar-refractivity contribution in [2.75, 3.05) is 0 Å². The van der Waals surface area contributed by atoms with Crippen molar-refractivity contribution >= 4 is 35.9 Å². The number of rotatable bonds is 2. The molecule has 0 saturated carbocycles. The van der Waals surface area contributed by atoms with E-state index in [1.807, 2.05) is 6.07 Å². The zero-order valence-electron chi connectivity index (χ0n) is 35.1. The summed E-state index contributed by atoms with van der Waals surface area (Å²) in [6, 6.07) is 22.8. The Morgan fingerprint density at radius 3 is 1.43 bits per heavy atom. The van der Waals surface area contributed by atoms with Gasteiger partial charge in [-0.15, -0.1) is 39.7 Å². The SMILES string of the molecule is CC(C)(C)C1=CC(C)(C)c2cc3[cH-]c4cc5c(cc4c3cc21)C(C(C)(C)C)=CC5(C)C.CCC1[C-]=CC(C(C)(C)C)=C1.C[C](=[Zr+2])c1ccccc1.[Cl-].[Cl-]. The number of benzene rings is 3. The third-order valence-corrected chi connectivity index (χ3v) is 11.6. The molecule has 0 aliphatic heterocycles. The minimum atomic E-state index is 0. The molecule has 7 rings (SSSR count). The maximum absolute atomic E-state index is 3.35. The van der Waals surface area contributed by atoms with Gasteiger partial charge in [0.15, 0.2) is 0 Å². The minimum Gasteiger partial charge on any atom is -1.00 e. The molecule has 3 aliphatic carbocycles. The molecular weight excluding hydrogens is 763 g/mol. The van der Waals surface area contributed by atoms with Crippen molar-refractivity contribution in [2.45, 2.75) is 121 Å². The molecule has 0 nitrogen and oxygen atoms in total. The van der Waals surface area contributed by atoms with Gasteiger partial charge in [0.1, 0.15) is 0 Å². The Balaban J connectivity index is 0.000000283. The van der Waals surface area contributed by atoms with Crippen molar-refractivity contribution in [3.05, 3.63) is 124 Å². The zero-order chi connectivity index (χ0) is 37.9. The number of hydrogen-bond donors (Lipinski definition) is 0. The van der Waals surface area contributed by atoms with Gasteiger partial charge in [-0.1, -0.05) is 150 Å². The van der Waals surface area contributed by atoms with E-state index in [4.69, 9.17) is 0 Å². The number of allylic oxidation sites excluding steroid dienone is 8. The second-order valence-corrected chi connectivity index (χ2v) is 21.2. The minimum absolute atomic E-state index is 0. The standard InChI is InChI=1S/C31H37.C11H17.C8H8.2ClH.Zr/c1-28(2,3)26-16-30(7,8)24-12-18-11-19-13-25-23(15-21(19)20(18)14-22(24)26)27(29(4,5)6)17-31(25,9)10;1-5-9-6-7-10(8-9)11(2,3)4;1-2-8-6-4-3-5-7-8;;;/h11-17H,1-10H3;7-9H,5H2,1-4H3;3-7H,1H3;2*1H;/q2*-1;;;;+2/p-2. The van der Waals surface area contributed by atoms with Gasteiger partial charge >= 0.3 is 70.3 Å². The van der Waals surface area contributed by atoms with Crippen molar-refractivity contribution in [1.82, 2.24) is 0 Å². The summed E-state index contributed by atoms with van der Waals surface area (Å²) in [6.45, 7) is 34.6. The Morgan fingerprint density at radius 1 is 0.698 bits per heavy atom. The summed E-state index contributed by atoms with van der Waals surface area (Å²) in [6.07, 6.45) is 14.0. The Morgan fingerprint density at radius 2 is 1.13 bits per heavy atom. The molecule has 53 heavy (non-hydrogen) atoms. The van der Waals surface area contributed by atoms with Gasteiger partial charge in [0.25, 0.3) is 0 Å². The van der Waals surface area contributed by atoms with Crippen LogP contribution in [0.5, 0.6) is 0 Å². The fourth-order valence-corrected chi connectivity index (χ4v) is 8.20. The van der Waals surface area contributed by atoms with Gasteiger partial charge in [0.2, 0.25) is 0 Å². The van der Waals surface area contributed by atoms with Crippen LogP contribution in [0.1, 0.15) is 138 Å². The monoisotopic (exact) mass is 822 g/mol. The molecule has 0 amide bonds. The second kappa shape index (κ2) is 16.1. The molecule has 1 atom stereocenters. The smallest absolute Gasteiger partial charge is 1.00 e. The van der Waals surface area contributed by atoms with Crippen LogP contribution in [0, 0.1) is 28.2 Å². The van der Waals surface area contributed by atoms with E-state index in [1.165, 1.54) is 99.9 Å². The van der Waals surface area contributed by atoms with E-state index in [2.05, 4.69) is 189 Å². The topological polar surface area (TPSA) is 0 Å². The fraction of sp³-hybridized carbons (Fsp3) is 0.440. The molecule has 0 N–H and O–H groups in total. The molecular formula is C50H62Cl2Zr-2. The average Bonchev–Trinajstić information content (AvgIpc) is 3.77. The first-order valence-electron chi connectivity index (χ1n) is 19.1. The van der Waals surface area contributed by atoms with E-state index >= 15 is 0 Å². The van der Waals surface area contributed by atoms with Gasteiger partial charge in [0, 0.05) is 10.8 Å². The van der Waals surface area contributed by atoms with Crippen LogP contribution in [-0.4, -0.2) is 3.21 Å². The Kier molecular flexibility index (Phi) is 13.8. The van der Waals surface area contributed by atoms with Crippen molar-refractivity contribution in [1.29, 1.82) is 0 Å². The van der Waals surface area contributed by atoms with E-state index in [9.17, 15) is 0 Å². The van der Waals surface area contributed by atoms with Crippen LogP contribution in [-0.2, 0) is 35.1 Å². The normalized spacial score (nSPS) is 18.0. The van der Waals surface area contributed by atoms with Gasteiger partial charge in [-0.3, -0.25) is 6.08 Å². The molecule has 282 valence electrons. The van der Waals surface area contributed by atoms with Crippen LogP contribution in [0.25, 0.3) is 32.7 Å². The molecule has 0 bridgehead atoms. The molecule has 1 unspecified atom stereocenters. The predicted octanol–water partition coefficient (Wildman–Crippen LogP) is 8.29. The molecule has 0 spiro atoms. The fourth-order valence-electron chi connectivity index (χ4n) is 7.79. The molecule has 4 aromatic carbocycles. The summed E-state index contributed by atoms with van der Waals surface area (Å²) in [5, 5.41) is 5.58. The quantitative estimate of drug-likeness (QED) is 0.179. The zero-order valence-corrected chi connectivity index (χ0v) is 39.1. The van der Waals surface area contributed by atoms with Crippen molar-refractivity contribution < 1.29 is 49.0 Å². The van der Waals surface area contributed by atoms with Crippen LogP contribution >= 0.6 is 0 Å². The van der Waals surface area contributed by atoms with E-state index in [0.29, 0.717) is 11.3 Å². The second-order valence-electron chi connectivity index (χ2n) is 19.4. The summed E-state index contributed by atoms with van der Waals surface area (Å²) in [5.74, 6) is 0.573. The Hall–Kier alpha value is -2.18. The molecule has 3 aliphatic rings. The predicted molar refractivity (Wildman–Crippen MR) is 223 cm³/mol. The molecule has 4 aromatic rings. The van der Waals surface area contributed by atoms with E-state index < -0.39 is 0 Å². The van der Waals surface area contributed by atoms with Crippen LogP contribution in [0.3, 0.4) is 0 Å². The van der Waals surface area contributed by atoms with Crippen LogP contribution in [0.15, 0.2) is 90.5 Å². The molecule has 0 aromatic heterocycles.